The number of nitrogens with zero attached hydrogens (tertiary/aromatic N) is 2. The summed E-state index contributed by atoms with van der Waals surface area (Å²) in [6.07, 6.45) is 0. The van der Waals surface area contributed by atoms with E-state index in [2.05, 4.69) is 0 Å². The van der Waals surface area contributed by atoms with Crippen LogP contribution >= 0.6 is 0 Å². The van der Waals surface area contributed by atoms with Crippen LogP contribution in [0, 0.1) is 13.8 Å². The topological polar surface area (TPSA) is 77.8 Å². The van der Waals surface area contributed by atoms with Gasteiger partial charge in [0.1, 0.15) is 18.1 Å². The van der Waals surface area contributed by atoms with E-state index in [1.54, 1.807) is 42.9 Å². The Bertz CT molecular complexity index is 1570. The molecule has 0 aliphatic carbocycles. The number of carbonyl (C=O) groups is 2. The molecule has 7 nitrogen and oxygen atoms in total. The third-order valence-corrected chi connectivity index (χ3v) is 6.88. The molecule has 0 bridgehead atoms. The first-order valence-electron chi connectivity index (χ1n) is 12.4. The molecule has 192 valence electrons. The Labute approximate surface area is 220 Å². The predicted molar refractivity (Wildman–Crippen MR) is 144 cm³/mol. The first kappa shape index (κ1) is 25.0. The molecule has 0 atom stereocenters. The van der Waals surface area contributed by atoms with E-state index in [0.29, 0.717) is 29.0 Å². The molecule has 1 aliphatic rings. The first-order chi connectivity index (χ1) is 18.4. The fourth-order valence-electron chi connectivity index (χ4n) is 4.70. The number of benzene rings is 3. The Kier molecular flexibility index (Phi) is 6.83. The van der Waals surface area contributed by atoms with E-state index in [4.69, 9.17) is 9.47 Å². The van der Waals surface area contributed by atoms with Gasteiger partial charge in [0.2, 0.25) is 0 Å². The van der Waals surface area contributed by atoms with E-state index >= 15 is 0 Å². The second-order valence-electron chi connectivity index (χ2n) is 9.32. The van der Waals surface area contributed by atoms with Crippen molar-refractivity contribution in [3.8, 4) is 11.5 Å². The lowest BCUT2D eigenvalue weighted by Crippen LogP contribution is -2.29. The molecule has 38 heavy (non-hydrogen) atoms. The molecule has 1 aromatic heterocycles. The fraction of sp³-hybridized carbons (Fsp3) is 0.194. The summed E-state index contributed by atoms with van der Waals surface area (Å²) in [6.45, 7) is 4.39. The molecule has 0 saturated heterocycles. The van der Waals surface area contributed by atoms with Crippen molar-refractivity contribution >= 4 is 11.8 Å². The number of aromatic nitrogens is 1. The number of carbonyl (C=O) groups excluding carboxylic acids is 2. The zero-order valence-electron chi connectivity index (χ0n) is 21.6. The molecular formula is C31H28N2O5. The van der Waals surface area contributed by atoms with Crippen molar-refractivity contribution in [2.45, 2.75) is 33.5 Å². The van der Waals surface area contributed by atoms with Gasteiger partial charge >= 0.3 is 0 Å². The number of hydrogen-bond acceptors (Lipinski definition) is 5. The van der Waals surface area contributed by atoms with Crippen molar-refractivity contribution in [1.29, 1.82) is 0 Å². The number of aryl methyl sites for hydroxylation is 1. The largest absolute Gasteiger partial charge is 0.497 e. The highest BCUT2D eigenvalue weighted by Gasteiger charge is 2.35. The Morgan fingerprint density at radius 2 is 1.39 bits per heavy atom. The lowest BCUT2D eigenvalue weighted by molar-refractivity contribution is 0.0641. The predicted octanol–water partition coefficient (Wildman–Crippen LogP) is 4.90. The quantitative estimate of drug-likeness (QED) is 0.317. The second kappa shape index (κ2) is 10.4. The summed E-state index contributed by atoms with van der Waals surface area (Å²) in [5, 5.41) is 0. The van der Waals surface area contributed by atoms with Gasteiger partial charge in [-0.15, -0.1) is 0 Å². The zero-order chi connectivity index (χ0) is 26.8. The highest BCUT2D eigenvalue weighted by atomic mass is 16.5. The number of methoxy groups -OCH3 is 1. The number of ether oxygens (including phenoxy) is 2. The molecule has 0 fully saturated rings. The zero-order valence-corrected chi connectivity index (χ0v) is 21.6. The maximum Gasteiger partial charge on any atom is 0.261 e. The van der Waals surface area contributed by atoms with E-state index in [1.807, 2.05) is 61.5 Å². The molecule has 0 spiro atoms. The van der Waals surface area contributed by atoms with Gasteiger partial charge in [-0.25, -0.2) is 0 Å². The van der Waals surface area contributed by atoms with Gasteiger partial charge in [0.05, 0.1) is 36.9 Å². The van der Waals surface area contributed by atoms with E-state index in [9.17, 15) is 14.4 Å². The first-order valence-corrected chi connectivity index (χ1v) is 12.4. The van der Waals surface area contributed by atoms with Crippen LogP contribution in [-0.4, -0.2) is 28.4 Å². The van der Waals surface area contributed by atoms with Crippen LogP contribution in [0.15, 0.2) is 83.7 Å². The Morgan fingerprint density at radius 3 is 2.08 bits per heavy atom. The summed E-state index contributed by atoms with van der Waals surface area (Å²) >= 11 is 0. The molecule has 1 aliphatic heterocycles. The van der Waals surface area contributed by atoms with E-state index in [0.717, 1.165) is 28.1 Å². The van der Waals surface area contributed by atoms with Crippen LogP contribution in [0.4, 0.5) is 0 Å². The van der Waals surface area contributed by atoms with Crippen molar-refractivity contribution < 1.29 is 19.1 Å². The minimum Gasteiger partial charge on any atom is -0.497 e. The summed E-state index contributed by atoms with van der Waals surface area (Å²) < 4.78 is 13.1. The second-order valence-corrected chi connectivity index (χ2v) is 9.32. The van der Waals surface area contributed by atoms with Crippen LogP contribution < -0.4 is 15.0 Å². The number of amides is 2. The van der Waals surface area contributed by atoms with Gasteiger partial charge in [-0.1, -0.05) is 48.5 Å². The summed E-state index contributed by atoms with van der Waals surface area (Å²) in [4.78, 5) is 40.2. The van der Waals surface area contributed by atoms with Gasteiger partial charge in [0.25, 0.3) is 17.4 Å². The lowest BCUT2D eigenvalue weighted by Gasteiger charge is -2.18. The lowest BCUT2D eigenvalue weighted by atomic mass is 10.1. The van der Waals surface area contributed by atoms with Gasteiger partial charge in [-0.3, -0.25) is 19.3 Å². The van der Waals surface area contributed by atoms with Gasteiger partial charge in [0.15, 0.2) is 0 Å². The van der Waals surface area contributed by atoms with Crippen LogP contribution in [0.5, 0.6) is 11.5 Å². The number of imide groups is 1. The highest BCUT2D eigenvalue weighted by molar-refractivity contribution is 6.21. The molecule has 3 aromatic carbocycles. The molecule has 0 saturated carbocycles. The highest BCUT2D eigenvalue weighted by Crippen LogP contribution is 2.26. The molecule has 2 heterocycles. The van der Waals surface area contributed by atoms with Crippen molar-refractivity contribution in [2.75, 3.05) is 7.11 Å². The molecular weight excluding hydrogens is 480 g/mol. The number of fused-ring (bicyclic) bond motifs is 1. The molecule has 4 aromatic rings. The fourth-order valence-corrected chi connectivity index (χ4v) is 4.70. The molecule has 0 radical (unpaired) electrons. The standard InChI is InChI=1S/C31H28N2O5/c1-20-15-28(21(2)29(34)32(20)17-22-9-8-12-25(16-22)37-3)38-19-24-11-5-4-10-23(24)18-33-30(35)26-13-6-7-14-27(26)31(33)36/h4-16H,17-19H2,1-3H3. The van der Waals surface area contributed by atoms with Crippen molar-refractivity contribution in [3.63, 3.8) is 0 Å². The third-order valence-electron chi connectivity index (χ3n) is 6.88. The third kappa shape index (κ3) is 4.70. The van der Waals surface area contributed by atoms with E-state index in [-0.39, 0.29) is 30.5 Å². The van der Waals surface area contributed by atoms with Gasteiger partial charge in [0, 0.05) is 5.69 Å². The van der Waals surface area contributed by atoms with Crippen LogP contribution in [0.3, 0.4) is 0 Å². The monoisotopic (exact) mass is 508 g/mol. The summed E-state index contributed by atoms with van der Waals surface area (Å²) in [5.41, 5.74) is 4.61. The Balaban J connectivity index is 1.34. The molecule has 5 rings (SSSR count). The van der Waals surface area contributed by atoms with Gasteiger partial charge in [-0.05, 0) is 60.9 Å². The smallest absolute Gasteiger partial charge is 0.261 e. The molecule has 2 amide bonds. The van der Waals surface area contributed by atoms with Crippen LogP contribution in [-0.2, 0) is 19.7 Å². The van der Waals surface area contributed by atoms with Crippen LogP contribution in [0.1, 0.15) is 48.7 Å². The SMILES string of the molecule is COc1cccc(Cn2c(C)cc(OCc3ccccc3CN3C(=O)c4ccccc4C3=O)c(C)c2=O)c1. The van der Waals surface area contributed by atoms with Gasteiger partial charge < -0.3 is 14.0 Å². The van der Waals surface area contributed by atoms with Crippen LogP contribution in [0.25, 0.3) is 0 Å². The Morgan fingerprint density at radius 1 is 0.737 bits per heavy atom. The van der Waals surface area contributed by atoms with Crippen molar-refractivity contribution in [2.24, 2.45) is 0 Å². The maximum absolute atomic E-state index is 13.2. The maximum atomic E-state index is 13.2. The van der Waals surface area contributed by atoms with Crippen LogP contribution in [0.2, 0.25) is 0 Å². The minimum atomic E-state index is -0.299. The molecule has 0 N–H and O–H groups in total. The van der Waals surface area contributed by atoms with Gasteiger partial charge in [-0.2, -0.15) is 0 Å². The molecule has 0 unspecified atom stereocenters. The number of hydrogen-bond donors (Lipinski definition) is 0. The summed E-state index contributed by atoms with van der Waals surface area (Å²) in [5.74, 6) is 0.648. The minimum absolute atomic E-state index is 0.123. The van der Waals surface area contributed by atoms with Crippen molar-refractivity contribution in [1.82, 2.24) is 9.47 Å². The molecule has 7 heteroatoms. The summed E-state index contributed by atoms with van der Waals surface area (Å²) in [6, 6.07) is 23.9. The van der Waals surface area contributed by atoms with E-state index < -0.39 is 0 Å². The van der Waals surface area contributed by atoms with E-state index in [1.165, 1.54) is 4.90 Å². The number of pyridine rings is 1. The number of rotatable bonds is 8. The summed E-state index contributed by atoms with van der Waals surface area (Å²) in [7, 11) is 1.62. The average Bonchev–Trinajstić information content (AvgIpc) is 3.18. The Hall–Kier alpha value is -4.65. The normalized spacial score (nSPS) is 12.6. The van der Waals surface area contributed by atoms with Crippen molar-refractivity contribution in [3.05, 3.63) is 128 Å². The average molecular weight is 509 g/mol.